The second-order valence-electron chi connectivity index (χ2n) is 9.12. The number of halogens is 2. The molecule has 4 aromatic rings. The van der Waals surface area contributed by atoms with E-state index >= 15 is 0 Å². The zero-order valence-corrected chi connectivity index (χ0v) is 21.8. The standard InChI is InChI=1S/C30H20ClFN2O4S/c31-21-4-1-3-20(15-21)28(35)25-24(23-5-2-14-39-23)27(30(37)38)34(29(36)19-10-12-22(32)13-11-19)26(25)18-8-6-17(16-33)7-9-18/h1-15,24-27H,(H,37,38). The van der Waals surface area contributed by atoms with Gasteiger partial charge in [0.15, 0.2) is 5.78 Å². The zero-order chi connectivity index (χ0) is 27.7. The zero-order valence-electron chi connectivity index (χ0n) is 20.2. The molecule has 0 spiro atoms. The van der Waals surface area contributed by atoms with Crippen LogP contribution in [0.5, 0.6) is 0 Å². The minimum absolute atomic E-state index is 0.0853. The number of hydrogen-bond donors (Lipinski definition) is 1. The summed E-state index contributed by atoms with van der Waals surface area (Å²) >= 11 is 7.50. The Morgan fingerprint density at radius 1 is 0.949 bits per heavy atom. The molecule has 9 heteroatoms. The molecule has 194 valence electrons. The number of hydrogen-bond acceptors (Lipinski definition) is 5. The molecule has 4 atom stereocenters. The van der Waals surface area contributed by atoms with Crippen LogP contribution in [0.2, 0.25) is 5.02 Å². The van der Waals surface area contributed by atoms with Crippen molar-refractivity contribution in [1.29, 1.82) is 5.26 Å². The van der Waals surface area contributed by atoms with E-state index in [1.54, 1.807) is 60.0 Å². The summed E-state index contributed by atoms with van der Waals surface area (Å²) in [6.45, 7) is 0. The van der Waals surface area contributed by atoms with Crippen molar-refractivity contribution in [3.8, 4) is 6.07 Å². The maximum absolute atomic E-state index is 14.2. The summed E-state index contributed by atoms with van der Waals surface area (Å²) in [6.07, 6.45) is 0. The fourth-order valence-corrected chi connectivity index (χ4v) is 6.35. The highest BCUT2D eigenvalue weighted by Gasteiger charge is 2.58. The summed E-state index contributed by atoms with van der Waals surface area (Å²) in [5, 5.41) is 22.0. The molecule has 1 N–H and O–H groups in total. The van der Waals surface area contributed by atoms with E-state index in [0.717, 1.165) is 12.1 Å². The molecule has 0 bridgehead atoms. The van der Waals surface area contributed by atoms with E-state index in [-0.39, 0.29) is 16.9 Å². The number of aliphatic carboxylic acids is 1. The smallest absolute Gasteiger partial charge is 0.327 e. The maximum atomic E-state index is 14.2. The number of carbonyl (C=O) groups is 3. The van der Waals surface area contributed by atoms with Gasteiger partial charge in [-0.15, -0.1) is 11.3 Å². The number of thiophene rings is 1. The highest BCUT2D eigenvalue weighted by molar-refractivity contribution is 7.10. The second-order valence-corrected chi connectivity index (χ2v) is 10.5. The van der Waals surface area contributed by atoms with Gasteiger partial charge in [0, 0.05) is 26.9 Å². The lowest BCUT2D eigenvalue weighted by atomic mass is 9.78. The van der Waals surface area contributed by atoms with Gasteiger partial charge in [-0.1, -0.05) is 41.9 Å². The quantitative estimate of drug-likeness (QED) is 0.278. The Labute approximate surface area is 232 Å². The van der Waals surface area contributed by atoms with E-state index in [1.165, 1.54) is 34.4 Å². The summed E-state index contributed by atoms with van der Waals surface area (Å²) in [6, 6.07) is 20.8. The lowest BCUT2D eigenvalue weighted by molar-refractivity contribution is -0.142. The van der Waals surface area contributed by atoms with E-state index in [1.807, 2.05) is 6.07 Å². The third-order valence-corrected chi connectivity index (χ3v) is 8.12. The number of carbonyl (C=O) groups excluding carboxylic acids is 2. The van der Waals surface area contributed by atoms with Crippen molar-refractivity contribution in [2.45, 2.75) is 18.0 Å². The summed E-state index contributed by atoms with van der Waals surface area (Å²) in [5.74, 6) is -4.73. The maximum Gasteiger partial charge on any atom is 0.327 e. The number of Topliss-reactive ketones (excluding diaryl/α,β-unsaturated/α-hetero) is 1. The first-order valence-electron chi connectivity index (χ1n) is 11.9. The first-order valence-corrected chi connectivity index (χ1v) is 13.2. The molecule has 0 radical (unpaired) electrons. The van der Waals surface area contributed by atoms with E-state index in [9.17, 15) is 29.1 Å². The monoisotopic (exact) mass is 558 g/mol. The summed E-state index contributed by atoms with van der Waals surface area (Å²) < 4.78 is 13.7. The highest BCUT2D eigenvalue weighted by atomic mass is 35.5. The van der Waals surface area contributed by atoms with Crippen LogP contribution in [0.15, 0.2) is 90.3 Å². The van der Waals surface area contributed by atoms with Crippen LogP contribution in [0.4, 0.5) is 4.39 Å². The van der Waals surface area contributed by atoms with Crippen LogP contribution in [0.25, 0.3) is 0 Å². The average molecular weight is 559 g/mol. The van der Waals surface area contributed by atoms with Crippen molar-refractivity contribution in [1.82, 2.24) is 4.90 Å². The van der Waals surface area contributed by atoms with Gasteiger partial charge in [0.25, 0.3) is 5.91 Å². The predicted molar refractivity (Wildman–Crippen MR) is 144 cm³/mol. The van der Waals surface area contributed by atoms with Crippen LogP contribution >= 0.6 is 22.9 Å². The van der Waals surface area contributed by atoms with Gasteiger partial charge in [0.2, 0.25) is 0 Å². The Kier molecular flexibility index (Phi) is 7.29. The van der Waals surface area contributed by atoms with Crippen molar-refractivity contribution >= 4 is 40.6 Å². The van der Waals surface area contributed by atoms with E-state index < -0.39 is 41.6 Å². The van der Waals surface area contributed by atoms with E-state index in [0.29, 0.717) is 21.0 Å². The minimum Gasteiger partial charge on any atom is -0.480 e. The third kappa shape index (κ3) is 4.94. The lowest BCUT2D eigenvalue weighted by Gasteiger charge is -2.30. The topological polar surface area (TPSA) is 98.5 Å². The first kappa shape index (κ1) is 26.3. The first-order chi connectivity index (χ1) is 18.8. The van der Waals surface area contributed by atoms with Crippen molar-refractivity contribution in [2.75, 3.05) is 0 Å². The molecule has 1 fully saturated rings. The van der Waals surface area contributed by atoms with Gasteiger partial charge in [-0.3, -0.25) is 9.59 Å². The number of amides is 1. The molecule has 0 aliphatic carbocycles. The van der Waals surface area contributed by atoms with Crippen molar-refractivity contribution in [2.24, 2.45) is 5.92 Å². The van der Waals surface area contributed by atoms with Gasteiger partial charge in [-0.2, -0.15) is 5.26 Å². The molecule has 0 saturated carbocycles. The molecule has 1 amide bonds. The van der Waals surface area contributed by atoms with Gasteiger partial charge in [0.05, 0.1) is 23.6 Å². The molecule has 39 heavy (non-hydrogen) atoms. The fraction of sp³-hybridized carbons (Fsp3) is 0.133. The van der Waals surface area contributed by atoms with Crippen LogP contribution < -0.4 is 0 Å². The number of likely N-dealkylation sites (tertiary alicyclic amines) is 1. The van der Waals surface area contributed by atoms with Crippen molar-refractivity contribution in [3.63, 3.8) is 0 Å². The molecule has 1 aliphatic rings. The average Bonchev–Trinajstić information content (AvgIpc) is 3.59. The summed E-state index contributed by atoms with van der Waals surface area (Å²) in [5.41, 5.74) is 1.24. The number of nitrogens with zero attached hydrogens (tertiary/aromatic N) is 2. The molecule has 2 heterocycles. The van der Waals surface area contributed by atoms with Gasteiger partial charge in [0.1, 0.15) is 11.9 Å². The molecular weight excluding hydrogens is 539 g/mol. The molecular formula is C30H20ClFN2O4S. The van der Waals surface area contributed by atoms with Gasteiger partial charge in [-0.05, 0) is 65.5 Å². The minimum atomic E-state index is -1.41. The van der Waals surface area contributed by atoms with Gasteiger partial charge < -0.3 is 10.0 Å². The Balaban J connectivity index is 1.76. The normalized spacial score (nSPS) is 20.4. The van der Waals surface area contributed by atoms with Crippen molar-refractivity contribution in [3.05, 3.63) is 128 Å². The summed E-state index contributed by atoms with van der Waals surface area (Å²) in [7, 11) is 0. The molecule has 5 rings (SSSR count). The second kappa shape index (κ2) is 10.8. The fourth-order valence-electron chi connectivity index (χ4n) is 5.26. The van der Waals surface area contributed by atoms with Crippen LogP contribution in [0, 0.1) is 23.1 Å². The Morgan fingerprint density at radius 2 is 1.67 bits per heavy atom. The van der Waals surface area contributed by atoms with Crippen LogP contribution in [-0.2, 0) is 4.79 Å². The van der Waals surface area contributed by atoms with E-state index in [2.05, 4.69) is 0 Å². The Morgan fingerprint density at radius 3 is 2.26 bits per heavy atom. The molecule has 1 aliphatic heterocycles. The number of benzene rings is 3. The number of rotatable bonds is 6. The number of nitriles is 1. The predicted octanol–water partition coefficient (Wildman–Crippen LogP) is 6.35. The molecule has 3 aromatic carbocycles. The lowest BCUT2D eigenvalue weighted by Crippen LogP contribution is -2.43. The van der Waals surface area contributed by atoms with Crippen molar-refractivity contribution < 1.29 is 23.9 Å². The Bertz CT molecular complexity index is 1580. The van der Waals surface area contributed by atoms with Gasteiger partial charge >= 0.3 is 5.97 Å². The van der Waals surface area contributed by atoms with E-state index in [4.69, 9.17) is 11.6 Å². The molecule has 6 nitrogen and oxygen atoms in total. The Hall–Kier alpha value is -4.32. The SMILES string of the molecule is N#Cc1ccc(C2C(C(=O)c3cccc(Cl)c3)C(c3cccs3)C(C(=O)O)N2C(=O)c2ccc(F)cc2)cc1. The highest BCUT2D eigenvalue weighted by Crippen LogP contribution is 2.52. The van der Waals surface area contributed by atoms with Crippen LogP contribution in [0.1, 0.15) is 48.7 Å². The number of ketones is 1. The van der Waals surface area contributed by atoms with Gasteiger partial charge in [-0.25, -0.2) is 9.18 Å². The molecule has 4 unspecified atom stereocenters. The summed E-state index contributed by atoms with van der Waals surface area (Å²) in [4.78, 5) is 43.0. The molecule has 1 aromatic heterocycles. The number of carboxylic acid groups (broad SMARTS) is 1. The number of carboxylic acids is 1. The largest absolute Gasteiger partial charge is 0.480 e. The third-order valence-electron chi connectivity index (χ3n) is 6.91. The van der Waals surface area contributed by atoms with Crippen LogP contribution in [-0.4, -0.2) is 33.7 Å². The van der Waals surface area contributed by atoms with Crippen LogP contribution in [0.3, 0.4) is 0 Å². The molecule has 1 saturated heterocycles.